The van der Waals surface area contributed by atoms with Crippen molar-refractivity contribution in [2.75, 3.05) is 30.8 Å². The van der Waals surface area contributed by atoms with Crippen LogP contribution in [0.4, 0.5) is 11.5 Å². The molecule has 2 heterocycles. The second kappa shape index (κ2) is 10.8. The van der Waals surface area contributed by atoms with Crippen molar-refractivity contribution in [1.82, 2.24) is 9.88 Å². The smallest absolute Gasteiger partial charge is 0.315 e. The van der Waals surface area contributed by atoms with Gasteiger partial charge in [0.15, 0.2) is 5.82 Å². The van der Waals surface area contributed by atoms with Crippen LogP contribution in [0.15, 0.2) is 36.5 Å². The molecular formula is C25H30Cl2N4O3. The molecule has 2 atom stereocenters. The molecule has 1 aromatic carbocycles. The van der Waals surface area contributed by atoms with Crippen LogP contribution in [0.2, 0.25) is 10.0 Å². The minimum Gasteiger partial charge on any atom is -0.469 e. The maximum absolute atomic E-state index is 13.1. The summed E-state index contributed by atoms with van der Waals surface area (Å²) < 4.78 is 4.74. The van der Waals surface area contributed by atoms with Crippen LogP contribution in [0.5, 0.6) is 0 Å². The van der Waals surface area contributed by atoms with Crippen molar-refractivity contribution in [2.45, 2.75) is 50.6 Å². The van der Waals surface area contributed by atoms with E-state index in [4.69, 9.17) is 33.7 Å². The standard InChI is InChI=1S/C25H30Cl2N4O3/c1-34-24(33)12-23(32)30-14-20(10-16-4-2-3-5-16)31(25-21(28)11-19(27)13-29-25)22(15-30)17-6-8-18(26)9-7-17/h6-9,11,13,16,20,22H,2-5,10,12,14-15,28H2,1H3/t20-,22?/m0/s1. The van der Waals surface area contributed by atoms with Crippen LogP contribution in [-0.2, 0) is 14.3 Å². The van der Waals surface area contributed by atoms with Gasteiger partial charge in [-0.15, -0.1) is 0 Å². The summed E-state index contributed by atoms with van der Waals surface area (Å²) in [5, 5.41) is 1.11. The average Bonchev–Trinajstić information content (AvgIpc) is 3.32. The Morgan fingerprint density at radius 2 is 1.82 bits per heavy atom. The zero-order valence-corrected chi connectivity index (χ0v) is 20.8. The lowest BCUT2D eigenvalue weighted by Gasteiger charge is -2.48. The molecule has 1 aliphatic heterocycles. The number of carbonyl (C=O) groups excluding carboxylic acids is 2. The van der Waals surface area contributed by atoms with E-state index in [9.17, 15) is 9.59 Å². The van der Waals surface area contributed by atoms with E-state index in [-0.39, 0.29) is 24.4 Å². The Hall–Kier alpha value is -2.51. The van der Waals surface area contributed by atoms with Crippen LogP contribution >= 0.6 is 23.2 Å². The molecule has 1 aliphatic carbocycles. The first-order chi connectivity index (χ1) is 16.4. The van der Waals surface area contributed by atoms with Crippen LogP contribution in [0.1, 0.15) is 50.1 Å². The number of hydrogen-bond acceptors (Lipinski definition) is 6. The number of piperazine rings is 1. The van der Waals surface area contributed by atoms with Gasteiger partial charge < -0.3 is 20.3 Å². The van der Waals surface area contributed by atoms with E-state index in [0.29, 0.717) is 40.6 Å². The van der Waals surface area contributed by atoms with E-state index < -0.39 is 5.97 Å². The highest BCUT2D eigenvalue weighted by Gasteiger charge is 2.40. The summed E-state index contributed by atoms with van der Waals surface area (Å²) in [6, 6.07) is 9.10. The Bertz CT molecular complexity index is 1030. The zero-order valence-electron chi connectivity index (χ0n) is 19.3. The van der Waals surface area contributed by atoms with Crippen LogP contribution in [0.25, 0.3) is 0 Å². The van der Waals surface area contributed by atoms with Gasteiger partial charge in [0.25, 0.3) is 0 Å². The topological polar surface area (TPSA) is 88.8 Å². The maximum Gasteiger partial charge on any atom is 0.315 e. The lowest BCUT2D eigenvalue weighted by molar-refractivity contribution is -0.147. The van der Waals surface area contributed by atoms with Crippen molar-refractivity contribution in [3.63, 3.8) is 0 Å². The summed E-state index contributed by atoms with van der Waals surface area (Å²) in [5.74, 6) is 0.459. The molecule has 1 aromatic heterocycles. The molecule has 0 radical (unpaired) electrons. The van der Waals surface area contributed by atoms with Gasteiger partial charge in [0.05, 0.1) is 23.9 Å². The fraction of sp³-hybridized carbons (Fsp3) is 0.480. The number of hydrogen-bond donors (Lipinski definition) is 1. The van der Waals surface area contributed by atoms with Gasteiger partial charge in [0, 0.05) is 30.4 Å². The fourth-order valence-electron chi connectivity index (χ4n) is 5.23. The van der Waals surface area contributed by atoms with Gasteiger partial charge in [0.1, 0.15) is 6.42 Å². The normalized spacial score (nSPS) is 21.0. The van der Waals surface area contributed by atoms with Gasteiger partial charge in [-0.25, -0.2) is 4.98 Å². The highest BCUT2D eigenvalue weighted by molar-refractivity contribution is 6.31. The number of nitrogens with zero attached hydrogens (tertiary/aromatic N) is 3. The van der Waals surface area contributed by atoms with Gasteiger partial charge in [0.2, 0.25) is 5.91 Å². The number of pyridine rings is 1. The van der Waals surface area contributed by atoms with E-state index in [2.05, 4.69) is 9.88 Å². The van der Waals surface area contributed by atoms with Crippen molar-refractivity contribution in [3.05, 3.63) is 52.1 Å². The lowest BCUT2D eigenvalue weighted by Crippen LogP contribution is -2.57. The van der Waals surface area contributed by atoms with Crippen molar-refractivity contribution in [1.29, 1.82) is 0 Å². The number of nitrogens with two attached hydrogens (primary N) is 1. The average molecular weight is 505 g/mol. The molecule has 4 rings (SSSR count). The number of anilines is 2. The Labute approximate surface area is 210 Å². The molecule has 182 valence electrons. The molecule has 2 aromatic rings. The van der Waals surface area contributed by atoms with Gasteiger partial charge in [-0.1, -0.05) is 61.0 Å². The molecule has 1 amide bonds. The quantitative estimate of drug-likeness (QED) is 0.445. The summed E-state index contributed by atoms with van der Waals surface area (Å²) >= 11 is 12.3. The maximum atomic E-state index is 13.1. The molecule has 2 fully saturated rings. The van der Waals surface area contributed by atoms with E-state index in [1.54, 1.807) is 17.2 Å². The van der Waals surface area contributed by atoms with Gasteiger partial charge >= 0.3 is 5.97 Å². The number of esters is 1. The van der Waals surface area contributed by atoms with Crippen LogP contribution in [0.3, 0.4) is 0 Å². The van der Waals surface area contributed by atoms with Gasteiger partial charge in [-0.2, -0.15) is 0 Å². The van der Waals surface area contributed by atoms with E-state index in [1.807, 2.05) is 24.3 Å². The largest absolute Gasteiger partial charge is 0.469 e. The molecule has 9 heteroatoms. The molecule has 34 heavy (non-hydrogen) atoms. The second-order valence-corrected chi connectivity index (χ2v) is 10.0. The Morgan fingerprint density at radius 3 is 2.47 bits per heavy atom. The molecule has 1 unspecified atom stereocenters. The predicted molar refractivity (Wildman–Crippen MR) is 134 cm³/mol. The van der Waals surface area contributed by atoms with Crippen LogP contribution in [-0.4, -0.2) is 48.0 Å². The number of halogens is 2. The Kier molecular flexibility index (Phi) is 7.84. The first kappa shape index (κ1) is 24.6. The SMILES string of the molecule is COC(=O)CC(=O)N1CC(c2ccc(Cl)cc2)N(c2ncc(Cl)cc2N)[C@@H](CC2CCCC2)C1. The number of benzene rings is 1. The molecule has 0 spiro atoms. The lowest BCUT2D eigenvalue weighted by atomic mass is 9.91. The number of methoxy groups -OCH3 is 1. The fourth-order valence-corrected chi connectivity index (χ4v) is 5.53. The molecule has 2 N–H and O–H groups in total. The molecule has 7 nitrogen and oxygen atoms in total. The van der Waals surface area contributed by atoms with Crippen molar-refractivity contribution < 1.29 is 14.3 Å². The number of carbonyl (C=O) groups is 2. The first-order valence-electron chi connectivity index (χ1n) is 11.6. The van der Waals surface area contributed by atoms with Crippen molar-refractivity contribution >= 4 is 46.6 Å². The summed E-state index contributed by atoms with van der Waals surface area (Å²) in [7, 11) is 1.29. The Balaban J connectivity index is 1.75. The summed E-state index contributed by atoms with van der Waals surface area (Å²) in [5.41, 5.74) is 7.90. The third-order valence-electron chi connectivity index (χ3n) is 6.87. The number of ether oxygens (including phenoxy) is 1. The van der Waals surface area contributed by atoms with Crippen LogP contribution in [0, 0.1) is 5.92 Å². The zero-order chi connectivity index (χ0) is 24.2. The molecule has 2 aliphatic rings. The van der Waals surface area contributed by atoms with Crippen molar-refractivity contribution in [2.24, 2.45) is 5.92 Å². The van der Waals surface area contributed by atoms with E-state index in [0.717, 1.165) is 12.0 Å². The summed E-state index contributed by atoms with van der Waals surface area (Å²) in [4.78, 5) is 33.5. The number of nitrogen functional groups attached to an aromatic ring is 1. The van der Waals surface area contributed by atoms with Gasteiger partial charge in [-0.05, 0) is 36.1 Å². The molecule has 1 saturated heterocycles. The molecule has 1 saturated carbocycles. The second-order valence-electron chi connectivity index (χ2n) is 9.13. The third-order valence-corrected chi connectivity index (χ3v) is 7.33. The predicted octanol–water partition coefficient (Wildman–Crippen LogP) is 4.87. The van der Waals surface area contributed by atoms with E-state index in [1.165, 1.54) is 32.8 Å². The number of aromatic nitrogens is 1. The first-order valence-corrected chi connectivity index (χ1v) is 12.4. The van der Waals surface area contributed by atoms with E-state index >= 15 is 0 Å². The molecular weight excluding hydrogens is 475 g/mol. The minimum atomic E-state index is -0.536. The monoisotopic (exact) mass is 504 g/mol. The summed E-state index contributed by atoms with van der Waals surface area (Å²) in [6.07, 6.45) is 7.05. The van der Waals surface area contributed by atoms with Crippen molar-refractivity contribution in [3.8, 4) is 0 Å². The highest BCUT2D eigenvalue weighted by Crippen LogP contribution is 2.40. The van der Waals surface area contributed by atoms with Crippen LogP contribution < -0.4 is 10.6 Å². The van der Waals surface area contributed by atoms with Gasteiger partial charge in [-0.3, -0.25) is 9.59 Å². The third kappa shape index (κ3) is 5.58. The number of rotatable bonds is 6. The number of amides is 1. The summed E-state index contributed by atoms with van der Waals surface area (Å²) in [6.45, 7) is 0.878. The highest BCUT2D eigenvalue weighted by atomic mass is 35.5. The minimum absolute atomic E-state index is 0.0184. The Morgan fingerprint density at radius 1 is 1.12 bits per heavy atom. The molecule has 0 bridgehead atoms.